The van der Waals surface area contributed by atoms with E-state index in [-0.39, 0.29) is 5.91 Å². The summed E-state index contributed by atoms with van der Waals surface area (Å²) < 4.78 is 12.7. The lowest BCUT2D eigenvalue weighted by Crippen LogP contribution is -2.20. The van der Waals surface area contributed by atoms with Gasteiger partial charge in [0.15, 0.2) is 5.76 Å². The summed E-state index contributed by atoms with van der Waals surface area (Å²) >= 11 is 0. The van der Waals surface area contributed by atoms with E-state index < -0.39 is 0 Å². The Morgan fingerprint density at radius 2 is 2.10 bits per heavy atom. The molecular formula is C21H21N5O3. The molecule has 8 nitrogen and oxygen atoms in total. The van der Waals surface area contributed by atoms with Gasteiger partial charge in [-0.3, -0.25) is 4.79 Å². The van der Waals surface area contributed by atoms with Crippen LogP contribution in [0, 0.1) is 6.92 Å². The third-order valence-electron chi connectivity index (χ3n) is 5.47. The first-order valence-electron chi connectivity index (χ1n) is 9.86. The molecular weight excluding hydrogens is 370 g/mol. The van der Waals surface area contributed by atoms with Gasteiger partial charge in [0.1, 0.15) is 11.5 Å². The smallest absolute Gasteiger partial charge is 0.259 e. The highest BCUT2D eigenvalue weighted by Crippen LogP contribution is 2.31. The van der Waals surface area contributed by atoms with Gasteiger partial charge in [-0.25, -0.2) is 9.67 Å². The van der Waals surface area contributed by atoms with Crippen LogP contribution in [0.25, 0.3) is 22.6 Å². The van der Waals surface area contributed by atoms with Gasteiger partial charge in [0.25, 0.3) is 11.6 Å². The Hall–Kier alpha value is -3.42. The Kier molecular flexibility index (Phi) is 4.38. The van der Waals surface area contributed by atoms with Crippen LogP contribution in [0.2, 0.25) is 0 Å². The second-order valence-electron chi connectivity index (χ2n) is 7.39. The molecule has 0 unspecified atom stereocenters. The number of furan rings is 1. The van der Waals surface area contributed by atoms with E-state index in [4.69, 9.17) is 8.94 Å². The second-order valence-corrected chi connectivity index (χ2v) is 7.39. The van der Waals surface area contributed by atoms with Crippen molar-refractivity contribution in [3.8, 4) is 11.5 Å². The highest BCUT2D eigenvalue weighted by molar-refractivity contribution is 6.12. The van der Waals surface area contributed by atoms with Gasteiger partial charge in [-0.15, -0.1) is 0 Å². The second kappa shape index (κ2) is 7.20. The Morgan fingerprint density at radius 1 is 1.24 bits per heavy atom. The zero-order valence-electron chi connectivity index (χ0n) is 16.1. The molecule has 0 radical (unpaired) electrons. The molecule has 1 aliphatic carbocycles. The molecule has 4 aromatic rings. The van der Waals surface area contributed by atoms with Gasteiger partial charge in [-0.2, -0.15) is 5.10 Å². The number of fused-ring (bicyclic) bond motifs is 1. The van der Waals surface area contributed by atoms with Crippen LogP contribution in [0.4, 0.5) is 5.82 Å². The number of aryl methyl sites for hydroxylation is 1. The average molecular weight is 391 g/mol. The molecule has 0 aliphatic heterocycles. The van der Waals surface area contributed by atoms with Crippen LogP contribution in [0.15, 0.2) is 45.7 Å². The van der Waals surface area contributed by atoms with Gasteiger partial charge in [0.05, 0.1) is 35.1 Å². The van der Waals surface area contributed by atoms with Gasteiger partial charge in [-0.05, 0) is 38.0 Å². The number of carbonyl (C=O) groups is 1. The highest BCUT2D eigenvalue weighted by Gasteiger charge is 2.23. The normalized spacial score (nSPS) is 15.1. The Bertz CT molecular complexity index is 1150. The third-order valence-corrected chi connectivity index (χ3v) is 5.47. The molecule has 1 fully saturated rings. The molecule has 1 saturated carbocycles. The third kappa shape index (κ3) is 3.20. The first-order chi connectivity index (χ1) is 14.2. The van der Waals surface area contributed by atoms with Gasteiger partial charge in [-0.1, -0.05) is 24.4 Å². The first-order valence-corrected chi connectivity index (χ1v) is 9.86. The fraction of sp³-hybridized carbons (Fsp3) is 0.333. The Morgan fingerprint density at radius 3 is 2.90 bits per heavy atom. The van der Waals surface area contributed by atoms with Crippen LogP contribution in [-0.4, -0.2) is 25.8 Å². The minimum Gasteiger partial charge on any atom is -0.463 e. The number of anilines is 1. The number of hydrogen-bond donors (Lipinski definition) is 1. The number of amides is 1. The topological polar surface area (TPSA) is 99.0 Å². The molecule has 4 heterocycles. The van der Waals surface area contributed by atoms with E-state index in [2.05, 4.69) is 20.6 Å². The standard InChI is InChI=1S/C21H21N5O3/c1-13-19-15(12-16(17-8-5-11-28-17)23-21(19)29-25-13)20(27)24-18-9-10-22-26(18)14-6-3-2-4-7-14/h5,8-12,14H,2-4,6-7H2,1H3,(H,24,27). The van der Waals surface area contributed by atoms with Crippen LogP contribution >= 0.6 is 0 Å². The number of carbonyl (C=O) groups excluding carboxylic acids is 1. The van der Waals surface area contributed by atoms with Gasteiger partial charge >= 0.3 is 0 Å². The molecule has 148 valence electrons. The zero-order chi connectivity index (χ0) is 19.8. The largest absolute Gasteiger partial charge is 0.463 e. The zero-order valence-corrected chi connectivity index (χ0v) is 16.1. The van der Waals surface area contributed by atoms with Crippen molar-refractivity contribution >= 4 is 22.8 Å². The maximum atomic E-state index is 13.3. The molecule has 4 aromatic heterocycles. The fourth-order valence-electron chi connectivity index (χ4n) is 4.04. The van der Waals surface area contributed by atoms with Crippen LogP contribution < -0.4 is 5.32 Å². The quantitative estimate of drug-likeness (QED) is 0.539. The van der Waals surface area contributed by atoms with E-state index in [0.717, 1.165) is 12.8 Å². The fourth-order valence-corrected chi connectivity index (χ4v) is 4.04. The number of aromatic nitrogens is 4. The van der Waals surface area contributed by atoms with Crippen LogP contribution in [0.5, 0.6) is 0 Å². The molecule has 29 heavy (non-hydrogen) atoms. The molecule has 0 atom stereocenters. The molecule has 0 spiro atoms. The molecule has 1 aliphatic rings. The predicted octanol–water partition coefficient (Wildman–Crippen LogP) is 4.75. The predicted molar refractivity (Wildman–Crippen MR) is 107 cm³/mol. The van der Waals surface area contributed by atoms with Gasteiger partial charge in [0, 0.05) is 6.07 Å². The number of nitrogens with zero attached hydrogens (tertiary/aromatic N) is 4. The molecule has 0 aromatic carbocycles. The Balaban J connectivity index is 1.52. The van der Waals surface area contributed by atoms with Crippen LogP contribution in [0.1, 0.15) is 54.2 Å². The summed E-state index contributed by atoms with van der Waals surface area (Å²) in [4.78, 5) is 17.7. The van der Waals surface area contributed by atoms with E-state index >= 15 is 0 Å². The molecule has 0 saturated heterocycles. The lowest BCUT2D eigenvalue weighted by molar-refractivity contribution is 0.102. The van der Waals surface area contributed by atoms with Crippen LogP contribution in [-0.2, 0) is 0 Å². The summed E-state index contributed by atoms with van der Waals surface area (Å²) in [6.45, 7) is 1.79. The highest BCUT2D eigenvalue weighted by atomic mass is 16.5. The average Bonchev–Trinajstić information content (AvgIpc) is 3.50. The lowest BCUT2D eigenvalue weighted by Gasteiger charge is -2.23. The molecule has 8 heteroatoms. The molecule has 1 N–H and O–H groups in total. The summed E-state index contributed by atoms with van der Waals surface area (Å²) in [6.07, 6.45) is 9.09. The van der Waals surface area contributed by atoms with Crippen molar-refractivity contribution in [3.05, 3.63) is 48.0 Å². The van der Waals surface area contributed by atoms with Crippen molar-refractivity contribution < 1.29 is 13.7 Å². The van der Waals surface area contributed by atoms with E-state index in [1.54, 1.807) is 37.6 Å². The van der Waals surface area contributed by atoms with Crippen LogP contribution in [0.3, 0.4) is 0 Å². The van der Waals surface area contributed by atoms with Crippen molar-refractivity contribution in [3.63, 3.8) is 0 Å². The number of nitrogens with one attached hydrogen (secondary N) is 1. The Labute approximate surface area is 166 Å². The van der Waals surface area contributed by atoms with E-state index in [0.29, 0.717) is 45.7 Å². The van der Waals surface area contributed by atoms with Crippen molar-refractivity contribution in [2.75, 3.05) is 5.32 Å². The lowest BCUT2D eigenvalue weighted by atomic mass is 9.96. The van der Waals surface area contributed by atoms with Crippen molar-refractivity contribution in [2.24, 2.45) is 0 Å². The maximum Gasteiger partial charge on any atom is 0.259 e. The summed E-state index contributed by atoms with van der Waals surface area (Å²) in [5, 5.41) is 12.1. The van der Waals surface area contributed by atoms with Crippen molar-refractivity contribution in [1.29, 1.82) is 0 Å². The number of hydrogen-bond acceptors (Lipinski definition) is 6. The molecule has 1 amide bonds. The minimum absolute atomic E-state index is 0.255. The maximum absolute atomic E-state index is 13.3. The minimum atomic E-state index is -0.255. The number of pyridine rings is 1. The van der Waals surface area contributed by atoms with Gasteiger partial charge in [0.2, 0.25) is 0 Å². The SMILES string of the molecule is Cc1noc2nc(-c3ccco3)cc(C(=O)Nc3ccnn3C3CCCCC3)c12. The monoisotopic (exact) mass is 391 g/mol. The summed E-state index contributed by atoms with van der Waals surface area (Å²) in [5.74, 6) is 0.997. The van der Waals surface area contributed by atoms with Crippen molar-refractivity contribution in [1.82, 2.24) is 19.9 Å². The summed E-state index contributed by atoms with van der Waals surface area (Å²) in [7, 11) is 0. The number of rotatable bonds is 4. The van der Waals surface area contributed by atoms with Gasteiger partial charge < -0.3 is 14.3 Å². The molecule has 0 bridgehead atoms. The summed E-state index contributed by atoms with van der Waals surface area (Å²) in [5.41, 5.74) is 1.88. The van der Waals surface area contributed by atoms with E-state index in [9.17, 15) is 4.79 Å². The molecule has 5 rings (SSSR count). The van der Waals surface area contributed by atoms with E-state index in [1.165, 1.54) is 19.3 Å². The van der Waals surface area contributed by atoms with Crippen molar-refractivity contribution in [2.45, 2.75) is 45.1 Å². The summed E-state index contributed by atoms with van der Waals surface area (Å²) in [6, 6.07) is 7.43. The first kappa shape index (κ1) is 17.7. The van der Waals surface area contributed by atoms with E-state index in [1.807, 2.05) is 10.7 Å².